The summed E-state index contributed by atoms with van der Waals surface area (Å²) < 4.78 is 71.5. The zero-order chi connectivity index (χ0) is 26.2. The largest absolute Gasteiger partial charge is 0.490 e. The molecule has 1 saturated carbocycles. The first-order valence-electron chi connectivity index (χ1n) is 10.1. The van der Waals surface area contributed by atoms with Gasteiger partial charge >= 0.3 is 24.3 Å². The quantitative estimate of drug-likeness (QED) is 0.484. The summed E-state index contributed by atoms with van der Waals surface area (Å²) in [6.07, 6.45) is -2.31. The molecule has 2 aromatic heterocycles. The molecule has 0 saturated heterocycles. The average Bonchev–Trinajstić information content (AvgIpc) is 3.22. The number of halogens is 6. The van der Waals surface area contributed by atoms with Gasteiger partial charge in [-0.1, -0.05) is 0 Å². The summed E-state index contributed by atoms with van der Waals surface area (Å²) in [4.78, 5) is 22.1. The predicted octanol–water partition coefficient (Wildman–Crippen LogP) is 3.42. The molecule has 2 aromatic rings. The third kappa shape index (κ3) is 10.2. The molecule has 2 aliphatic rings. The Balaban J connectivity index is 0.000000257. The van der Waals surface area contributed by atoms with Crippen LogP contribution >= 0.6 is 11.3 Å². The van der Waals surface area contributed by atoms with Gasteiger partial charge in [-0.3, -0.25) is 4.68 Å². The minimum atomic E-state index is -5.08. The van der Waals surface area contributed by atoms with E-state index in [0.717, 1.165) is 49.3 Å². The van der Waals surface area contributed by atoms with Crippen molar-refractivity contribution in [1.29, 1.82) is 0 Å². The zero-order valence-electron chi connectivity index (χ0n) is 18.0. The Bertz CT molecular complexity index is 936. The normalized spacial score (nSPS) is 17.4. The molecule has 0 bridgehead atoms. The molecule has 0 radical (unpaired) electrons. The summed E-state index contributed by atoms with van der Waals surface area (Å²) in [6.45, 7) is 3.47. The summed E-state index contributed by atoms with van der Waals surface area (Å²) in [5.41, 5.74) is 2.50. The highest BCUT2D eigenvalue weighted by molar-refractivity contribution is 7.09. The smallest absolute Gasteiger partial charge is 0.475 e. The number of carbonyl (C=O) groups is 2. The molecular weight excluding hydrogens is 510 g/mol. The monoisotopic (exact) mass is 532 g/mol. The lowest BCUT2D eigenvalue weighted by Crippen LogP contribution is -2.27. The van der Waals surface area contributed by atoms with Gasteiger partial charge in [0.2, 0.25) is 0 Å². The van der Waals surface area contributed by atoms with E-state index in [9.17, 15) is 26.3 Å². The van der Waals surface area contributed by atoms with Crippen molar-refractivity contribution in [2.24, 2.45) is 5.92 Å². The molecule has 0 amide bonds. The number of carboxylic acid groups (broad SMARTS) is 2. The molecule has 1 aliphatic carbocycles. The van der Waals surface area contributed by atoms with Crippen molar-refractivity contribution in [2.45, 2.75) is 50.8 Å². The van der Waals surface area contributed by atoms with Gasteiger partial charge in [0.15, 0.2) is 0 Å². The minimum Gasteiger partial charge on any atom is -0.475 e. The molecular formula is C19H22F6N4O5S. The van der Waals surface area contributed by atoms with E-state index in [1.165, 1.54) is 18.4 Å². The van der Waals surface area contributed by atoms with Gasteiger partial charge < -0.3 is 20.3 Å². The third-order valence-corrected chi connectivity index (χ3v) is 5.36. The lowest BCUT2D eigenvalue weighted by molar-refractivity contribution is -0.193. The average molecular weight is 532 g/mol. The molecule has 4 rings (SSSR count). The number of hydrogen-bond donors (Lipinski definition) is 3. The maximum atomic E-state index is 10.6. The van der Waals surface area contributed by atoms with Crippen LogP contribution in [0.5, 0.6) is 0 Å². The summed E-state index contributed by atoms with van der Waals surface area (Å²) in [7, 11) is 0. The number of aliphatic carboxylic acids is 2. The predicted molar refractivity (Wildman–Crippen MR) is 109 cm³/mol. The van der Waals surface area contributed by atoms with E-state index in [1.807, 2.05) is 11.6 Å². The van der Waals surface area contributed by atoms with Gasteiger partial charge in [0.1, 0.15) is 11.1 Å². The summed E-state index contributed by atoms with van der Waals surface area (Å²) in [6, 6.07) is 0. The Morgan fingerprint density at radius 2 is 1.74 bits per heavy atom. The van der Waals surface area contributed by atoms with Gasteiger partial charge in [0.05, 0.1) is 12.3 Å². The molecule has 0 aromatic carbocycles. The Labute approximate surface area is 198 Å². The highest BCUT2D eigenvalue weighted by atomic mass is 32.1. The minimum absolute atomic E-state index is 0.0779. The number of ether oxygens (including phenoxy) is 1. The van der Waals surface area contributed by atoms with Crippen LogP contribution in [0.1, 0.15) is 35.2 Å². The first-order valence-corrected chi connectivity index (χ1v) is 11.0. The van der Waals surface area contributed by atoms with E-state index >= 15 is 0 Å². The number of thiazole rings is 1. The number of alkyl halides is 6. The van der Waals surface area contributed by atoms with Crippen molar-refractivity contribution in [3.8, 4) is 0 Å². The Hall–Kier alpha value is -2.72. The molecule has 1 fully saturated rings. The number of hydrogen-bond acceptors (Lipinski definition) is 7. The molecule has 3 heterocycles. The molecule has 196 valence electrons. The lowest BCUT2D eigenvalue weighted by Gasteiger charge is -2.22. The first kappa shape index (κ1) is 28.5. The maximum Gasteiger partial charge on any atom is 0.490 e. The molecule has 1 unspecified atom stereocenters. The zero-order valence-corrected chi connectivity index (χ0v) is 18.8. The molecule has 35 heavy (non-hydrogen) atoms. The summed E-state index contributed by atoms with van der Waals surface area (Å²) in [5, 5.41) is 25.6. The molecule has 1 atom stereocenters. The van der Waals surface area contributed by atoms with Crippen molar-refractivity contribution in [3.05, 3.63) is 34.0 Å². The van der Waals surface area contributed by atoms with Crippen LogP contribution in [0.15, 0.2) is 17.8 Å². The van der Waals surface area contributed by atoms with Crippen LogP contribution in [-0.4, -0.2) is 62.4 Å². The Morgan fingerprint density at radius 3 is 2.23 bits per heavy atom. The van der Waals surface area contributed by atoms with E-state index in [2.05, 4.69) is 21.2 Å². The van der Waals surface area contributed by atoms with Gasteiger partial charge in [-0.2, -0.15) is 31.4 Å². The van der Waals surface area contributed by atoms with Crippen LogP contribution in [-0.2, 0) is 33.8 Å². The number of aromatic nitrogens is 3. The van der Waals surface area contributed by atoms with E-state index in [0.29, 0.717) is 0 Å². The van der Waals surface area contributed by atoms with Crippen molar-refractivity contribution in [3.63, 3.8) is 0 Å². The van der Waals surface area contributed by atoms with Crippen LogP contribution in [0.2, 0.25) is 0 Å². The van der Waals surface area contributed by atoms with E-state index in [-0.39, 0.29) is 6.10 Å². The highest BCUT2D eigenvalue weighted by Crippen LogP contribution is 2.32. The number of nitrogens with one attached hydrogen (secondary N) is 1. The maximum absolute atomic E-state index is 10.6. The van der Waals surface area contributed by atoms with Crippen molar-refractivity contribution >= 4 is 23.3 Å². The number of rotatable bonds is 6. The second kappa shape index (κ2) is 12.3. The highest BCUT2D eigenvalue weighted by Gasteiger charge is 2.38. The fourth-order valence-corrected chi connectivity index (χ4v) is 3.38. The molecule has 1 aliphatic heterocycles. The number of fused-ring (bicyclic) bond motifs is 1. The van der Waals surface area contributed by atoms with Crippen molar-refractivity contribution in [1.82, 2.24) is 20.1 Å². The SMILES string of the molecule is O=C(O)C(F)(F)F.O=C(O)C(F)(F)F.c1csc(CNCC2OCCc3cn(CC4CC4)nc32)n1. The van der Waals surface area contributed by atoms with Gasteiger partial charge in [-0.15, -0.1) is 11.3 Å². The Kier molecular flexibility index (Phi) is 10.0. The van der Waals surface area contributed by atoms with Crippen LogP contribution in [0.25, 0.3) is 0 Å². The fraction of sp³-hybridized carbons (Fsp3) is 0.579. The van der Waals surface area contributed by atoms with Gasteiger partial charge in [0.25, 0.3) is 0 Å². The standard InChI is InChI=1S/C15H20N4OS.2C2HF3O2/c1-2-11(1)9-19-10-12-3-5-20-13(15(12)18-19)7-16-8-14-17-4-6-21-14;2*3-2(4,5)1(6)7/h4,6,10-11,13,16H,1-3,5,7-9H2;2*(H,6,7). The van der Waals surface area contributed by atoms with E-state index in [1.54, 1.807) is 11.3 Å². The first-order chi connectivity index (χ1) is 16.3. The summed E-state index contributed by atoms with van der Waals surface area (Å²) in [5.74, 6) is -4.66. The van der Waals surface area contributed by atoms with Gasteiger partial charge in [-0.05, 0) is 30.7 Å². The number of nitrogens with zero attached hydrogens (tertiary/aromatic N) is 3. The van der Waals surface area contributed by atoms with Crippen molar-refractivity contribution < 1.29 is 50.9 Å². The van der Waals surface area contributed by atoms with Crippen LogP contribution in [0.4, 0.5) is 26.3 Å². The second-order valence-corrected chi connectivity index (χ2v) is 8.46. The summed E-state index contributed by atoms with van der Waals surface area (Å²) >= 11 is 1.68. The second-order valence-electron chi connectivity index (χ2n) is 7.48. The van der Waals surface area contributed by atoms with Gasteiger partial charge in [-0.25, -0.2) is 14.6 Å². The van der Waals surface area contributed by atoms with Crippen LogP contribution < -0.4 is 5.32 Å². The molecule has 0 spiro atoms. The van der Waals surface area contributed by atoms with Crippen molar-refractivity contribution in [2.75, 3.05) is 13.2 Å². The van der Waals surface area contributed by atoms with Gasteiger partial charge in [0, 0.05) is 37.4 Å². The third-order valence-electron chi connectivity index (χ3n) is 4.58. The van der Waals surface area contributed by atoms with E-state index < -0.39 is 24.3 Å². The molecule has 9 nitrogen and oxygen atoms in total. The van der Waals surface area contributed by atoms with Crippen LogP contribution in [0, 0.1) is 5.92 Å². The topological polar surface area (TPSA) is 127 Å². The fourth-order valence-electron chi connectivity index (χ4n) is 2.80. The molecule has 3 N–H and O–H groups in total. The molecule has 16 heteroatoms. The lowest BCUT2D eigenvalue weighted by atomic mass is 10.1. The Morgan fingerprint density at radius 1 is 1.14 bits per heavy atom. The number of carboxylic acids is 2. The van der Waals surface area contributed by atoms with E-state index in [4.69, 9.17) is 29.6 Å². The van der Waals surface area contributed by atoms with Crippen LogP contribution in [0.3, 0.4) is 0 Å².